The number of hydrogen-bond acceptors (Lipinski definition) is 7. The van der Waals surface area contributed by atoms with Crippen molar-refractivity contribution < 1.29 is 0 Å². The van der Waals surface area contributed by atoms with Crippen LogP contribution in [-0.2, 0) is 0 Å². The number of piperazine rings is 1. The average Bonchev–Trinajstić information content (AvgIpc) is 3.46. The zero-order chi connectivity index (χ0) is 19.3. The summed E-state index contributed by atoms with van der Waals surface area (Å²) in [6, 6.07) is 4.30. The predicted octanol–water partition coefficient (Wildman–Crippen LogP) is 2.10. The van der Waals surface area contributed by atoms with Gasteiger partial charge in [-0.3, -0.25) is 0 Å². The number of hydrogen-bond donors (Lipinski definition) is 0. The van der Waals surface area contributed by atoms with Crippen molar-refractivity contribution in [3.05, 3.63) is 35.9 Å². The minimum Gasteiger partial charge on any atom is -0.353 e. The molecular formula is C20H26N8. The molecule has 1 aliphatic carbocycles. The molecule has 8 heteroatoms. The van der Waals surface area contributed by atoms with Crippen LogP contribution in [0.4, 0.5) is 17.6 Å². The largest absolute Gasteiger partial charge is 0.353 e. The highest BCUT2D eigenvalue weighted by molar-refractivity contribution is 5.70. The lowest BCUT2D eigenvalue weighted by Gasteiger charge is -2.36. The standard InChI is InChI=1S/C20H26N8/c1-14-12-18(23-20(22-14)25(2)3)26-8-10-27(11-9-26)19-17-13-16(15-4-5-15)24-28(17)7-6-21-19/h6-7,12-13,15H,4-5,8-11H2,1-3H3. The van der Waals surface area contributed by atoms with Gasteiger partial charge in [-0.2, -0.15) is 10.1 Å². The Kier molecular flexibility index (Phi) is 4.07. The van der Waals surface area contributed by atoms with Gasteiger partial charge in [0.25, 0.3) is 0 Å². The van der Waals surface area contributed by atoms with Gasteiger partial charge in [0.2, 0.25) is 5.95 Å². The summed E-state index contributed by atoms with van der Waals surface area (Å²) in [7, 11) is 3.95. The van der Waals surface area contributed by atoms with E-state index >= 15 is 0 Å². The van der Waals surface area contributed by atoms with E-state index in [1.165, 1.54) is 18.5 Å². The van der Waals surface area contributed by atoms with Crippen molar-refractivity contribution in [3.8, 4) is 0 Å². The minimum absolute atomic E-state index is 0.650. The molecule has 0 spiro atoms. The fourth-order valence-corrected chi connectivity index (χ4v) is 3.80. The van der Waals surface area contributed by atoms with Crippen LogP contribution in [0.25, 0.3) is 5.52 Å². The summed E-state index contributed by atoms with van der Waals surface area (Å²) in [4.78, 5) is 20.6. The normalized spacial score (nSPS) is 17.4. The molecule has 28 heavy (non-hydrogen) atoms. The first-order valence-corrected chi connectivity index (χ1v) is 9.96. The number of aromatic nitrogens is 5. The summed E-state index contributed by atoms with van der Waals surface area (Å²) in [6.45, 7) is 5.68. The SMILES string of the molecule is Cc1cc(N2CCN(c3nccn4nc(C5CC5)cc34)CC2)nc(N(C)C)n1. The Morgan fingerprint density at radius 2 is 1.75 bits per heavy atom. The Balaban J connectivity index is 1.36. The molecule has 2 fully saturated rings. The summed E-state index contributed by atoms with van der Waals surface area (Å²) in [5.74, 6) is 3.45. The van der Waals surface area contributed by atoms with Gasteiger partial charge in [-0.1, -0.05) is 0 Å². The molecule has 8 nitrogen and oxygen atoms in total. The lowest BCUT2D eigenvalue weighted by Crippen LogP contribution is -2.47. The topological polar surface area (TPSA) is 65.7 Å². The molecule has 0 atom stereocenters. The minimum atomic E-state index is 0.650. The van der Waals surface area contributed by atoms with Gasteiger partial charge in [0.05, 0.1) is 5.69 Å². The third kappa shape index (κ3) is 3.12. The third-order valence-electron chi connectivity index (χ3n) is 5.52. The van der Waals surface area contributed by atoms with E-state index in [1.807, 2.05) is 42.8 Å². The molecule has 1 aliphatic heterocycles. The van der Waals surface area contributed by atoms with Crippen molar-refractivity contribution in [1.82, 2.24) is 24.6 Å². The molecule has 0 radical (unpaired) electrons. The molecule has 0 bridgehead atoms. The van der Waals surface area contributed by atoms with Crippen LogP contribution in [0.5, 0.6) is 0 Å². The van der Waals surface area contributed by atoms with Gasteiger partial charge in [-0.25, -0.2) is 14.5 Å². The van der Waals surface area contributed by atoms with Crippen LogP contribution in [0.3, 0.4) is 0 Å². The van der Waals surface area contributed by atoms with Crippen LogP contribution < -0.4 is 14.7 Å². The maximum Gasteiger partial charge on any atom is 0.226 e. The highest BCUT2D eigenvalue weighted by Crippen LogP contribution is 2.40. The fraction of sp³-hybridized carbons (Fsp3) is 0.500. The molecule has 1 saturated heterocycles. The van der Waals surface area contributed by atoms with Crippen molar-refractivity contribution in [3.63, 3.8) is 0 Å². The molecule has 0 N–H and O–H groups in total. The maximum absolute atomic E-state index is 4.75. The molecule has 4 heterocycles. The van der Waals surface area contributed by atoms with E-state index in [2.05, 4.69) is 31.9 Å². The zero-order valence-corrected chi connectivity index (χ0v) is 16.7. The molecule has 0 unspecified atom stereocenters. The Hall–Kier alpha value is -2.90. The molecule has 0 amide bonds. The summed E-state index contributed by atoms with van der Waals surface area (Å²) < 4.78 is 1.99. The second kappa shape index (κ2) is 6.61. The average molecular weight is 378 g/mol. The van der Waals surface area contributed by atoms with Gasteiger partial charge in [-0.15, -0.1) is 0 Å². The lowest BCUT2D eigenvalue weighted by molar-refractivity contribution is 0.640. The Morgan fingerprint density at radius 3 is 2.46 bits per heavy atom. The third-order valence-corrected chi connectivity index (χ3v) is 5.52. The summed E-state index contributed by atoms with van der Waals surface area (Å²) >= 11 is 0. The molecule has 1 saturated carbocycles. The van der Waals surface area contributed by atoms with E-state index in [-0.39, 0.29) is 0 Å². The zero-order valence-electron chi connectivity index (χ0n) is 16.7. The number of aryl methyl sites for hydroxylation is 1. The van der Waals surface area contributed by atoms with Crippen molar-refractivity contribution in [2.24, 2.45) is 0 Å². The van der Waals surface area contributed by atoms with Crippen LogP contribution in [0.2, 0.25) is 0 Å². The van der Waals surface area contributed by atoms with E-state index < -0.39 is 0 Å². The van der Waals surface area contributed by atoms with E-state index in [0.717, 1.165) is 55.0 Å². The molecule has 3 aromatic rings. The molecular weight excluding hydrogens is 352 g/mol. The molecule has 0 aromatic carbocycles. The number of fused-ring (bicyclic) bond motifs is 1. The lowest BCUT2D eigenvalue weighted by atomic mass is 10.2. The number of anilines is 3. The summed E-state index contributed by atoms with van der Waals surface area (Å²) in [5, 5.41) is 4.75. The van der Waals surface area contributed by atoms with Gasteiger partial charge in [0.1, 0.15) is 11.3 Å². The summed E-state index contributed by atoms with van der Waals surface area (Å²) in [6.07, 6.45) is 6.33. The number of rotatable bonds is 4. The first-order chi connectivity index (χ1) is 13.6. The second-order valence-corrected chi connectivity index (χ2v) is 7.96. The first-order valence-electron chi connectivity index (χ1n) is 9.96. The summed E-state index contributed by atoms with van der Waals surface area (Å²) in [5.41, 5.74) is 3.32. The van der Waals surface area contributed by atoms with Crippen LogP contribution in [0.1, 0.15) is 30.1 Å². The van der Waals surface area contributed by atoms with Crippen LogP contribution in [0.15, 0.2) is 24.5 Å². The van der Waals surface area contributed by atoms with Gasteiger partial charge in [-0.05, 0) is 25.8 Å². The molecule has 2 aliphatic rings. The van der Waals surface area contributed by atoms with Gasteiger partial charge < -0.3 is 14.7 Å². The predicted molar refractivity (Wildman–Crippen MR) is 110 cm³/mol. The van der Waals surface area contributed by atoms with Gasteiger partial charge in [0, 0.05) is 70.3 Å². The Bertz CT molecular complexity index is 999. The van der Waals surface area contributed by atoms with Crippen molar-refractivity contribution in [1.29, 1.82) is 0 Å². The van der Waals surface area contributed by atoms with Crippen molar-refractivity contribution >= 4 is 23.1 Å². The monoisotopic (exact) mass is 378 g/mol. The smallest absolute Gasteiger partial charge is 0.226 e. The van der Waals surface area contributed by atoms with Crippen LogP contribution in [0, 0.1) is 6.92 Å². The van der Waals surface area contributed by atoms with Gasteiger partial charge >= 0.3 is 0 Å². The molecule has 146 valence electrons. The maximum atomic E-state index is 4.75. The van der Waals surface area contributed by atoms with Crippen LogP contribution in [-0.4, -0.2) is 64.8 Å². The van der Waals surface area contributed by atoms with E-state index in [4.69, 9.17) is 10.1 Å². The highest BCUT2D eigenvalue weighted by atomic mass is 15.3. The van der Waals surface area contributed by atoms with E-state index in [1.54, 1.807) is 0 Å². The van der Waals surface area contributed by atoms with Crippen molar-refractivity contribution in [2.75, 3.05) is 55.0 Å². The van der Waals surface area contributed by atoms with E-state index in [0.29, 0.717) is 5.92 Å². The quantitative estimate of drug-likeness (QED) is 0.689. The van der Waals surface area contributed by atoms with Gasteiger partial charge in [0.15, 0.2) is 5.82 Å². The highest BCUT2D eigenvalue weighted by Gasteiger charge is 2.28. The second-order valence-electron chi connectivity index (χ2n) is 7.96. The first kappa shape index (κ1) is 17.2. The fourth-order valence-electron chi connectivity index (χ4n) is 3.80. The Labute approximate surface area is 164 Å². The molecule has 3 aromatic heterocycles. The Morgan fingerprint density at radius 1 is 1.00 bits per heavy atom. The van der Waals surface area contributed by atoms with E-state index in [9.17, 15) is 0 Å². The van der Waals surface area contributed by atoms with Crippen LogP contribution >= 0.6 is 0 Å². The number of nitrogens with zero attached hydrogens (tertiary/aromatic N) is 8. The van der Waals surface area contributed by atoms with Crippen molar-refractivity contribution in [2.45, 2.75) is 25.7 Å². The molecule has 5 rings (SSSR count).